The fraction of sp³-hybridized carbons (Fsp3) is 0.588. The van der Waals surface area contributed by atoms with Crippen LogP contribution in [0, 0.1) is 6.92 Å². The maximum absolute atomic E-state index is 13.1. The van der Waals surface area contributed by atoms with E-state index < -0.39 is 0 Å². The third-order valence-electron chi connectivity index (χ3n) is 4.74. The quantitative estimate of drug-likeness (QED) is 0.851. The number of aromatic nitrogens is 3. The van der Waals surface area contributed by atoms with E-state index in [-0.39, 0.29) is 12.0 Å². The first-order valence-electron chi connectivity index (χ1n) is 8.29. The molecule has 1 aliphatic carbocycles. The zero-order chi connectivity index (χ0) is 16.1. The van der Waals surface area contributed by atoms with Gasteiger partial charge in [0.2, 0.25) is 0 Å². The Morgan fingerprint density at radius 2 is 2.17 bits per heavy atom. The van der Waals surface area contributed by atoms with Gasteiger partial charge in [0.05, 0.1) is 29.4 Å². The maximum atomic E-state index is 13.1. The highest BCUT2D eigenvalue weighted by atomic mass is 16.5. The molecule has 1 saturated carbocycles. The molecule has 3 heterocycles. The summed E-state index contributed by atoms with van der Waals surface area (Å²) in [6.07, 6.45) is 2.41. The molecular formula is C17H22N4O2. The minimum atomic E-state index is 0.0746. The van der Waals surface area contributed by atoms with E-state index in [0.29, 0.717) is 25.6 Å². The number of ether oxygens (including phenoxy) is 1. The topological polar surface area (TPSA) is 60.2 Å². The maximum Gasteiger partial charge on any atom is 0.254 e. The smallest absolute Gasteiger partial charge is 0.254 e. The standard InChI is InChI=1S/C17H22N4O2/c1-10-9-21(6-7-23-10)17(22)13-8-14(12-4-5-12)18-16-15(13)11(2)19-20(16)3/h8,10,12H,4-7,9H2,1-3H3/t10-/m0/s1. The summed E-state index contributed by atoms with van der Waals surface area (Å²) < 4.78 is 7.35. The van der Waals surface area contributed by atoms with Crippen LogP contribution in [-0.2, 0) is 11.8 Å². The van der Waals surface area contributed by atoms with Crippen molar-refractivity contribution in [2.75, 3.05) is 19.7 Å². The van der Waals surface area contributed by atoms with Crippen molar-refractivity contribution in [1.29, 1.82) is 0 Å². The molecule has 122 valence electrons. The van der Waals surface area contributed by atoms with Crippen LogP contribution in [0.3, 0.4) is 0 Å². The van der Waals surface area contributed by atoms with Gasteiger partial charge in [-0.05, 0) is 32.8 Å². The summed E-state index contributed by atoms with van der Waals surface area (Å²) in [6.45, 7) is 5.83. The van der Waals surface area contributed by atoms with Crippen LogP contribution in [0.4, 0.5) is 0 Å². The van der Waals surface area contributed by atoms with Crippen LogP contribution in [0.2, 0.25) is 0 Å². The van der Waals surface area contributed by atoms with Gasteiger partial charge >= 0.3 is 0 Å². The van der Waals surface area contributed by atoms with Crippen LogP contribution in [0.1, 0.15) is 47.4 Å². The number of rotatable bonds is 2. The minimum Gasteiger partial charge on any atom is -0.375 e. The minimum absolute atomic E-state index is 0.0746. The van der Waals surface area contributed by atoms with E-state index in [1.165, 1.54) is 0 Å². The molecule has 1 atom stereocenters. The Labute approximate surface area is 135 Å². The number of pyridine rings is 1. The number of hydrogen-bond donors (Lipinski definition) is 0. The van der Waals surface area contributed by atoms with Gasteiger partial charge in [-0.3, -0.25) is 9.48 Å². The van der Waals surface area contributed by atoms with E-state index in [0.717, 1.165) is 40.8 Å². The van der Waals surface area contributed by atoms with Gasteiger partial charge in [-0.1, -0.05) is 0 Å². The predicted octanol–water partition coefficient (Wildman–Crippen LogP) is 2.02. The molecule has 0 aromatic carbocycles. The summed E-state index contributed by atoms with van der Waals surface area (Å²) >= 11 is 0. The molecule has 2 aromatic heterocycles. The number of carbonyl (C=O) groups excluding carboxylic acids is 1. The molecule has 4 rings (SSSR count). The molecule has 2 aromatic rings. The van der Waals surface area contributed by atoms with Crippen LogP contribution in [0.25, 0.3) is 11.0 Å². The second kappa shape index (κ2) is 5.30. The number of nitrogens with zero attached hydrogens (tertiary/aromatic N) is 4. The number of amides is 1. The van der Waals surface area contributed by atoms with Crippen LogP contribution in [0.15, 0.2) is 6.07 Å². The van der Waals surface area contributed by atoms with Gasteiger partial charge in [-0.15, -0.1) is 0 Å². The van der Waals surface area contributed by atoms with Crippen LogP contribution >= 0.6 is 0 Å². The Balaban J connectivity index is 1.82. The first-order chi connectivity index (χ1) is 11.0. The highest BCUT2D eigenvalue weighted by Crippen LogP contribution is 2.40. The van der Waals surface area contributed by atoms with Crippen LogP contribution in [0.5, 0.6) is 0 Å². The van der Waals surface area contributed by atoms with Crippen molar-refractivity contribution in [2.24, 2.45) is 7.05 Å². The first-order valence-corrected chi connectivity index (χ1v) is 8.29. The molecule has 0 N–H and O–H groups in total. The Morgan fingerprint density at radius 1 is 1.39 bits per heavy atom. The average Bonchev–Trinajstić information content (AvgIpc) is 3.33. The SMILES string of the molecule is Cc1nn(C)c2nc(C3CC3)cc(C(=O)N3CCO[C@@H](C)C3)c12. The third kappa shape index (κ3) is 2.51. The molecule has 0 bridgehead atoms. The van der Waals surface area contributed by atoms with Gasteiger partial charge in [-0.25, -0.2) is 4.98 Å². The average molecular weight is 314 g/mol. The predicted molar refractivity (Wildman–Crippen MR) is 86.5 cm³/mol. The molecule has 6 nitrogen and oxygen atoms in total. The van der Waals surface area contributed by atoms with E-state index in [1.807, 2.05) is 31.9 Å². The summed E-state index contributed by atoms with van der Waals surface area (Å²) in [5.41, 5.74) is 3.46. The largest absolute Gasteiger partial charge is 0.375 e. The fourth-order valence-corrected chi connectivity index (χ4v) is 3.39. The van der Waals surface area contributed by atoms with Crippen molar-refractivity contribution in [1.82, 2.24) is 19.7 Å². The highest BCUT2D eigenvalue weighted by molar-refractivity contribution is 6.06. The molecule has 23 heavy (non-hydrogen) atoms. The number of aryl methyl sites for hydroxylation is 2. The Bertz CT molecular complexity index is 778. The highest BCUT2D eigenvalue weighted by Gasteiger charge is 2.30. The first kappa shape index (κ1) is 14.6. The Hall–Kier alpha value is -1.95. The van der Waals surface area contributed by atoms with Crippen LogP contribution < -0.4 is 0 Å². The lowest BCUT2D eigenvalue weighted by molar-refractivity contribution is -0.0123. The summed E-state index contributed by atoms with van der Waals surface area (Å²) in [5, 5.41) is 5.36. The van der Waals surface area contributed by atoms with Crippen molar-refractivity contribution in [3.63, 3.8) is 0 Å². The zero-order valence-electron chi connectivity index (χ0n) is 13.9. The van der Waals surface area contributed by atoms with Gasteiger partial charge in [0.25, 0.3) is 5.91 Å². The van der Waals surface area contributed by atoms with E-state index in [2.05, 4.69) is 5.10 Å². The van der Waals surface area contributed by atoms with Gasteiger partial charge in [0.1, 0.15) is 0 Å². The third-order valence-corrected chi connectivity index (χ3v) is 4.74. The van der Waals surface area contributed by atoms with Crippen molar-refractivity contribution in [3.8, 4) is 0 Å². The molecule has 2 fully saturated rings. The molecule has 1 saturated heterocycles. The lowest BCUT2D eigenvalue weighted by atomic mass is 10.1. The molecule has 0 spiro atoms. The van der Waals surface area contributed by atoms with Crippen molar-refractivity contribution < 1.29 is 9.53 Å². The number of fused-ring (bicyclic) bond motifs is 1. The summed E-state index contributed by atoms with van der Waals surface area (Å²) in [4.78, 5) is 19.8. The summed E-state index contributed by atoms with van der Waals surface area (Å²) in [5.74, 6) is 0.579. The molecule has 0 unspecified atom stereocenters. The molecule has 1 amide bonds. The van der Waals surface area contributed by atoms with Gasteiger partial charge in [-0.2, -0.15) is 5.10 Å². The zero-order valence-corrected chi connectivity index (χ0v) is 13.9. The number of morpholine rings is 1. The Morgan fingerprint density at radius 3 is 2.87 bits per heavy atom. The van der Waals surface area contributed by atoms with Crippen molar-refractivity contribution in [2.45, 2.75) is 38.7 Å². The van der Waals surface area contributed by atoms with Crippen molar-refractivity contribution >= 4 is 16.9 Å². The summed E-state index contributed by atoms with van der Waals surface area (Å²) in [7, 11) is 1.89. The molecule has 6 heteroatoms. The lowest BCUT2D eigenvalue weighted by Gasteiger charge is -2.31. The van der Waals surface area contributed by atoms with E-state index in [9.17, 15) is 4.79 Å². The fourth-order valence-electron chi connectivity index (χ4n) is 3.39. The van der Waals surface area contributed by atoms with E-state index >= 15 is 0 Å². The second-order valence-corrected chi connectivity index (χ2v) is 6.71. The molecule has 0 radical (unpaired) electrons. The van der Waals surface area contributed by atoms with E-state index in [4.69, 9.17) is 9.72 Å². The molecule has 2 aliphatic rings. The normalized spacial score (nSPS) is 21.9. The molecule has 1 aliphatic heterocycles. The van der Waals surface area contributed by atoms with E-state index in [1.54, 1.807) is 4.68 Å². The van der Waals surface area contributed by atoms with Crippen LogP contribution in [-0.4, -0.2) is 51.4 Å². The van der Waals surface area contributed by atoms with Gasteiger partial charge in [0.15, 0.2) is 5.65 Å². The molecular weight excluding hydrogens is 292 g/mol. The second-order valence-electron chi connectivity index (χ2n) is 6.71. The number of carbonyl (C=O) groups is 1. The lowest BCUT2D eigenvalue weighted by Crippen LogP contribution is -2.44. The van der Waals surface area contributed by atoms with Crippen molar-refractivity contribution in [3.05, 3.63) is 23.0 Å². The van der Waals surface area contributed by atoms with Gasteiger partial charge < -0.3 is 9.64 Å². The monoisotopic (exact) mass is 314 g/mol. The number of hydrogen-bond acceptors (Lipinski definition) is 4. The summed E-state index contributed by atoms with van der Waals surface area (Å²) in [6, 6.07) is 2.00. The van der Waals surface area contributed by atoms with Gasteiger partial charge in [0, 0.05) is 31.7 Å². The Kier molecular flexibility index (Phi) is 3.37.